The molecule has 0 atom stereocenters. The Morgan fingerprint density at radius 1 is 1.50 bits per heavy atom. The molecule has 0 saturated heterocycles. The number of carbonyl (C=O) groups is 1. The van der Waals surface area contributed by atoms with Crippen LogP contribution in [0.1, 0.15) is 25.1 Å². The summed E-state index contributed by atoms with van der Waals surface area (Å²) in [6.07, 6.45) is 6.58. The van der Waals surface area contributed by atoms with Crippen LogP contribution in [-0.4, -0.2) is 45.2 Å². The van der Waals surface area contributed by atoms with Crippen LogP contribution >= 0.6 is 0 Å². The molecule has 6 nitrogen and oxygen atoms in total. The summed E-state index contributed by atoms with van der Waals surface area (Å²) in [5.74, 6) is 0.0816. The van der Waals surface area contributed by atoms with Crippen molar-refractivity contribution >= 4 is 5.97 Å². The van der Waals surface area contributed by atoms with Crippen molar-refractivity contribution in [2.24, 2.45) is 12.8 Å². The van der Waals surface area contributed by atoms with E-state index in [-0.39, 0.29) is 6.54 Å². The number of aromatic nitrogens is 2. The van der Waals surface area contributed by atoms with E-state index in [4.69, 9.17) is 10.8 Å². The first-order valence-corrected chi connectivity index (χ1v) is 6.24. The maximum atomic E-state index is 10.8. The van der Waals surface area contributed by atoms with Crippen molar-refractivity contribution in [2.75, 3.05) is 19.6 Å². The van der Waals surface area contributed by atoms with Gasteiger partial charge in [-0.15, -0.1) is 0 Å². The number of hydrogen-bond acceptors (Lipinski definition) is 4. The molecule has 1 rings (SSSR count). The largest absolute Gasteiger partial charge is 0.480 e. The number of carboxylic acid groups (broad SMARTS) is 1. The Morgan fingerprint density at radius 2 is 2.28 bits per heavy atom. The number of imidazole rings is 1. The fraction of sp³-hybridized carbons (Fsp3) is 0.667. The van der Waals surface area contributed by atoms with Gasteiger partial charge >= 0.3 is 5.97 Å². The standard InChI is InChI=1S/C12H22N4O2/c1-15-8-6-14-11(15)9-16(10-12(17)18)7-4-2-3-5-13/h6,8H,2-5,7,9-10,13H2,1H3,(H,17,18). The summed E-state index contributed by atoms with van der Waals surface area (Å²) in [4.78, 5) is 16.9. The lowest BCUT2D eigenvalue weighted by molar-refractivity contribution is -0.138. The van der Waals surface area contributed by atoms with E-state index in [0.29, 0.717) is 13.1 Å². The zero-order valence-corrected chi connectivity index (χ0v) is 10.9. The molecule has 0 unspecified atom stereocenters. The molecule has 0 fully saturated rings. The predicted molar refractivity (Wildman–Crippen MR) is 69.0 cm³/mol. The molecule has 1 aromatic heterocycles. The van der Waals surface area contributed by atoms with Crippen LogP contribution in [0.5, 0.6) is 0 Å². The molecular weight excluding hydrogens is 232 g/mol. The number of aryl methyl sites for hydroxylation is 1. The topological polar surface area (TPSA) is 84.4 Å². The first kappa shape index (κ1) is 14.7. The maximum absolute atomic E-state index is 10.8. The number of carboxylic acids is 1. The number of nitrogens with two attached hydrogens (primary N) is 1. The second kappa shape index (κ2) is 7.84. The Kier molecular flexibility index (Phi) is 6.38. The summed E-state index contributed by atoms with van der Waals surface area (Å²) in [6, 6.07) is 0. The summed E-state index contributed by atoms with van der Waals surface area (Å²) >= 11 is 0. The molecule has 0 aromatic carbocycles. The van der Waals surface area contributed by atoms with Crippen LogP contribution in [0, 0.1) is 0 Å². The highest BCUT2D eigenvalue weighted by atomic mass is 16.4. The van der Waals surface area contributed by atoms with Gasteiger partial charge in [-0.2, -0.15) is 0 Å². The molecule has 1 heterocycles. The third kappa shape index (κ3) is 5.29. The molecule has 1 aromatic rings. The molecule has 18 heavy (non-hydrogen) atoms. The Bertz CT molecular complexity index is 365. The predicted octanol–water partition coefficient (Wildman–Crippen LogP) is 0.436. The highest BCUT2D eigenvalue weighted by molar-refractivity contribution is 5.69. The maximum Gasteiger partial charge on any atom is 0.317 e. The minimum Gasteiger partial charge on any atom is -0.480 e. The van der Waals surface area contributed by atoms with E-state index in [9.17, 15) is 4.79 Å². The summed E-state index contributed by atoms with van der Waals surface area (Å²) in [5.41, 5.74) is 5.43. The van der Waals surface area contributed by atoms with Crippen molar-refractivity contribution < 1.29 is 9.90 Å². The SMILES string of the molecule is Cn1ccnc1CN(CCCCCN)CC(=O)O. The molecule has 0 aliphatic heterocycles. The van der Waals surface area contributed by atoms with Gasteiger partial charge in [0, 0.05) is 19.4 Å². The van der Waals surface area contributed by atoms with Crippen LogP contribution in [0.4, 0.5) is 0 Å². The smallest absolute Gasteiger partial charge is 0.317 e. The lowest BCUT2D eigenvalue weighted by Crippen LogP contribution is -2.31. The van der Waals surface area contributed by atoms with Gasteiger partial charge in [-0.25, -0.2) is 4.98 Å². The van der Waals surface area contributed by atoms with E-state index < -0.39 is 5.97 Å². The van der Waals surface area contributed by atoms with Gasteiger partial charge in [0.25, 0.3) is 0 Å². The van der Waals surface area contributed by atoms with Crippen molar-refractivity contribution in [1.82, 2.24) is 14.5 Å². The minimum atomic E-state index is -0.803. The molecule has 102 valence electrons. The van der Waals surface area contributed by atoms with Crippen LogP contribution in [0.25, 0.3) is 0 Å². The first-order valence-electron chi connectivity index (χ1n) is 6.24. The molecule has 0 amide bonds. The van der Waals surface area contributed by atoms with Crippen LogP contribution in [0.15, 0.2) is 12.4 Å². The Hall–Kier alpha value is -1.40. The van der Waals surface area contributed by atoms with E-state index in [0.717, 1.165) is 31.6 Å². The van der Waals surface area contributed by atoms with E-state index in [1.54, 1.807) is 6.20 Å². The fourth-order valence-electron chi connectivity index (χ4n) is 1.81. The van der Waals surface area contributed by atoms with Crippen molar-refractivity contribution in [3.05, 3.63) is 18.2 Å². The second-order valence-electron chi connectivity index (χ2n) is 4.41. The van der Waals surface area contributed by atoms with E-state index in [2.05, 4.69) is 4.98 Å². The number of aliphatic carboxylic acids is 1. The van der Waals surface area contributed by atoms with Crippen LogP contribution in [-0.2, 0) is 18.4 Å². The number of rotatable bonds is 9. The Labute approximate surface area is 107 Å². The van der Waals surface area contributed by atoms with Gasteiger partial charge in [-0.05, 0) is 25.9 Å². The average molecular weight is 254 g/mol. The van der Waals surface area contributed by atoms with Gasteiger partial charge in [-0.1, -0.05) is 6.42 Å². The molecule has 0 saturated carbocycles. The molecule has 6 heteroatoms. The van der Waals surface area contributed by atoms with Gasteiger partial charge in [0.2, 0.25) is 0 Å². The second-order valence-corrected chi connectivity index (χ2v) is 4.41. The van der Waals surface area contributed by atoms with E-state index >= 15 is 0 Å². The third-order valence-corrected chi connectivity index (χ3v) is 2.82. The fourth-order valence-corrected chi connectivity index (χ4v) is 1.81. The molecular formula is C12H22N4O2. The monoisotopic (exact) mass is 254 g/mol. The van der Waals surface area contributed by atoms with Gasteiger partial charge in [-0.3, -0.25) is 9.69 Å². The van der Waals surface area contributed by atoms with Crippen molar-refractivity contribution in [1.29, 1.82) is 0 Å². The summed E-state index contributed by atoms with van der Waals surface area (Å²) in [7, 11) is 1.91. The molecule has 0 aliphatic carbocycles. The number of unbranched alkanes of at least 4 members (excludes halogenated alkanes) is 2. The number of hydrogen-bond donors (Lipinski definition) is 2. The number of nitrogens with zero attached hydrogens (tertiary/aromatic N) is 3. The highest BCUT2D eigenvalue weighted by Gasteiger charge is 2.12. The summed E-state index contributed by atoms with van der Waals surface area (Å²) in [5, 5.41) is 8.90. The molecule has 0 bridgehead atoms. The normalized spacial score (nSPS) is 11.1. The zero-order valence-electron chi connectivity index (χ0n) is 10.9. The highest BCUT2D eigenvalue weighted by Crippen LogP contribution is 2.04. The van der Waals surface area contributed by atoms with Gasteiger partial charge in [0.15, 0.2) is 0 Å². The minimum absolute atomic E-state index is 0.0511. The van der Waals surface area contributed by atoms with Crippen LogP contribution in [0.3, 0.4) is 0 Å². The van der Waals surface area contributed by atoms with Gasteiger partial charge in [0.1, 0.15) is 5.82 Å². The first-order chi connectivity index (χ1) is 8.63. The Balaban J connectivity index is 2.45. The quantitative estimate of drug-likeness (QED) is 0.624. The lowest BCUT2D eigenvalue weighted by atomic mass is 10.2. The Morgan fingerprint density at radius 3 is 2.83 bits per heavy atom. The van der Waals surface area contributed by atoms with Crippen molar-refractivity contribution in [2.45, 2.75) is 25.8 Å². The van der Waals surface area contributed by atoms with Gasteiger partial charge < -0.3 is 15.4 Å². The zero-order chi connectivity index (χ0) is 13.4. The van der Waals surface area contributed by atoms with Gasteiger partial charge in [0.05, 0.1) is 13.1 Å². The van der Waals surface area contributed by atoms with Crippen LogP contribution in [0.2, 0.25) is 0 Å². The van der Waals surface area contributed by atoms with Crippen molar-refractivity contribution in [3.63, 3.8) is 0 Å². The molecule has 0 aliphatic rings. The lowest BCUT2D eigenvalue weighted by Gasteiger charge is -2.19. The van der Waals surface area contributed by atoms with E-state index in [1.165, 1.54) is 0 Å². The molecule has 3 N–H and O–H groups in total. The van der Waals surface area contributed by atoms with Crippen LogP contribution < -0.4 is 5.73 Å². The molecule has 0 radical (unpaired) electrons. The van der Waals surface area contributed by atoms with Crippen molar-refractivity contribution in [3.8, 4) is 0 Å². The summed E-state index contributed by atoms with van der Waals surface area (Å²) < 4.78 is 1.91. The van der Waals surface area contributed by atoms with E-state index in [1.807, 2.05) is 22.7 Å². The third-order valence-electron chi connectivity index (χ3n) is 2.82. The average Bonchev–Trinajstić information content (AvgIpc) is 2.70. The summed E-state index contributed by atoms with van der Waals surface area (Å²) in [6.45, 7) is 2.07. The molecule has 0 spiro atoms.